The third-order valence-electron chi connectivity index (χ3n) is 3.67. The summed E-state index contributed by atoms with van der Waals surface area (Å²) in [5.74, 6) is 0.663. The molecule has 0 unspecified atom stereocenters. The Bertz CT molecular complexity index is 647. The van der Waals surface area contributed by atoms with Crippen LogP contribution in [0.4, 0.5) is 0 Å². The molecule has 1 atom stereocenters. The molecule has 0 bridgehead atoms. The second-order valence-electron chi connectivity index (χ2n) is 5.69. The molecular formula is C19H22O4. The number of aliphatic carboxylic acids is 1. The molecule has 0 fully saturated rings. The Labute approximate surface area is 136 Å². The topological polar surface area (TPSA) is 55.8 Å². The molecule has 1 N–H and O–H groups in total. The average Bonchev–Trinajstić information content (AvgIpc) is 2.55. The van der Waals surface area contributed by atoms with Crippen molar-refractivity contribution in [3.05, 3.63) is 59.7 Å². The van der Waals surface area contributed by atoms with Gasteiger partial charge in [0.05, 0.1) is 7.11 Å². The summed E-state index contributed by atoms with van der Waals surface area (Å²) in [4.78, 5) is 11.6. The van der Waals surface area contributed by atoms with Crippen LogP contribution in [0.3, 0.4) is 0 Å². The number of methoxy groups -OCH3 is 1. The summed E-state index contributed by atoms with van der Waals surface area (Å²) in [7, 11) is 1.60. The molecule has 4 heteroatoms. The van der Waals surface area contributed by atoms with Gasteiger partial charge in [-0.3, -0.25) is 0 Å². The first-order valence-electron chi connectivity index (χ1n) is 7.62. The van der Waals surface area contributed by atoms with E-state index in [1.54, 1.807) is 7.11 Å². The zero-order valence-corrected chi connectivity index (χ0v) is 13.7. The molecule has 0 aliphatic rings. The molecule has 2 rings (SSSR count). The highest BCUT2D eigenvalue weighted by Gasteiger charge is 2.21. The van der Waals surface area contributed by atoms with Gasteiger partial charge in [-0.2, -0.15) is 0 Å². The van der Waals surface area contributed by atoms with Gasteiger partial charge in [0.2, 0.25) is 0 Å². The SMILES string of the molecule is COc1ccc(C[C@H](Oc2ccccc2C(C)C)C(=O)O)cc1. The van der Waals surface area contributed by atoms with Crippen molar-refractivity contribution in [1.29, 1.82) is 0 Å². The molecular weight excluding hydrogens is 292 g/mol. The molecule has 122 valence electrons. The number of carboxylic acids is 1. The lowest BCUT2D eigenvalue weighted by Crippen LogP contribution is -2.29. The van der Waals surface area contributed by atoms with E-state index in [-0.39, 0.29) is 5.92 Å². The fraction of sp³-hybridized carbons (Fsp3) is 0.316. The molecule has 0 aliphatic carbocycles. The summed E-state index contributed by atoms with van der Waals surface area (Å²) in [6.07, 6.45) is -0.630. The van der Waals surface area contributed by atoms with E-state index in [0.29, 0.717) is 12.2 Å². The van der Waals surface area contributed by atoms with Crippen LogP contribution in [0.1, 0.15) is 30.9 Å². The van der Waals surface area contributed by atoms with E-state index >= 15 is 0 Å². The minimum absolute atomic E-state index is 0.265. The highest BCUT2D eigenvalue weighted by atomic mass is 16.5. The molecule has 2 aromatic rings. The smallest absolute Gasteiger partial charge is 0.345 e. The van der Waals surface area contributed by atoms with Crippen LogP contribution in [-0.2, 0) is 11.2 Å². The maximum atomic E-state index is 11.6. The van der Waals surface area contributed by atoms with Gasteiger partial charge in [0.15, 0.2) is 6.10 Å². The zero-order valence-electron chi connectivity index (χ0n) is 13.7. The summed E-state index contributed by atoms with van der Waals surface area (Å²) in [5, 5.41) is 9.48. The predicted molar refractivity (Wildman–Crippen MR) is 89.3 cm³/mol. The second-order valence-corrected chi connectivity index (χ2v) is 5.69. The molecule has 4 nitrogen and oxygen atoms in total. The van der Waals surface area contributed by atoms with Gasteiger partial charge in [-0.15, -0.1) is 0 Å². The maximum absolute atomic E-state index is 11.6. The van der Waals surface area contributed by atoms with Gasteiger partial charge >= 0.3 is 5.97 Å². The lowest BCUT2D eigenvalue weighted by molar-refractivity contribution is -0.145. The Hall–Kier alpha value is -2.49. The van der Waals surface area contributed by atoms with Crippen molar-refractivity contribution >= 4 is 5.97 Å². The Morgan fingerprint density at radius 3 is 2.30 bits per heavy atom. The molecule has 0 spiro atoms. The number of rotatable bonds is 7. The number of para-hydroxylation sites is 1. The lowest BCUT2D eigenvalue weighted by atomic mass is 10.0. The Morgan fingerprint density at radius 2 is 1.74 bits per heavy atom. The van der Waals surface area contributed by atoms with Crippen molar-refractivity contribution in [2.24, 2.45) is 0 Å². The van der Waals surface area contributed by atoms with Crippen molar-refractivity contribution < 1.29 is 19.4 Å². The van der Waals surface area contributed by atoms with Gasteiger partial charge in [-0.25, -0.2) is 4.79 Å². The van der Waals surface area contributed by atoms with Crippen LogP contribution in [0.25, 0.3) is 0 Å². The summed E-state index contributed by atoms with van der Waals surface area (Å²) in [6.45, 7) is 4.11. The van der Waals surface area contributed by atoms with E-state index in [2.05, 4.69) is 13.8 Å². The molecule has 0 radical (unpaired) electrons. The highest BCUT2D eigenvalue weighted by molar-refractivity contribution is 5.73. The van der Waals surface area contributed by atoms with Crippen molar-refractivity contribution in [2.75, 3.05) is 7.11 Å². The summed E-state index contributed by atoms with van der Waals surface area (Å²) >= 11 is 0. The molecule has 2 aromatic carbocycles. The minimum Gasteiger partial charge on any atom is -0.497 e. The van der Waals surface area contributed by atoms with Gasteiger partial charge in [-0.1, -0.05) is 44.2 Å². The number of carboxylic acid groups (broad SMARTS) is 1. The minimum atomic E-state index is -0.973. The summed E-state index contributed by atoms with van der Waals surface area (Å²) in [6, 6.07) is 14.9. The van der Waals surface area contributed by atoms with E-state index < -0.39 is 12.1 Å². The molecule has 0 aromatic heterocycles. The summed E-state index contributed by atoms with van der Waals surface area (Å²) < 4.78 is 10.9. The maximum Gasteiger partial charge on any atom is 0.345 e. The number of hydrogen-bond acceptors (Lipinski definition) is 3. The van der Waals surface area contributed by atoms with Crippen LogP contribution < -0.4 is 9.47 Å². The van der Waals surface area contributed by atoms with Crippen LogP contribution in [0.2, 0.25) is 0 Å². The molecule has 0 aliphatic heterocycles. The van der Waals surface area contributed by atoms with Crippen molar-refractivity contribution in [2.45, 2.75) is 32.3 Å². The number of hydrogen-bond donors (Lipinski definition) is 1. The van der Waals surface area contributed by atoms with Gasteiger partial charge in [0.1, 0.15) is 11.5 Å². The van der Waals surface area contributed by atoms with Crippen LogP contribution in [0.15, 0.2) is 48.5 Å². The lowest BCUT2D eigenvalue weighted by Gasteiger charge is -2.19. The van der Waals surface area contributed by atoms with Gasteiger partial charge in [-0.05, 0) is 35.2 Å². The summed E-state index contributed by atoms with van der Waals surface area (Å²) in [5.41, 5.74) is 1.90. The fourth-order valence-corrected chi connectivity index (χ4v) is 2.37. The van der Waals surface area contributed by atoms with Crippen LogP contribution in [-0.4, -0.2) is 24.3 Å². The zero-order chi connectivity index (χ0) is 16.8. The van der Waals surface area contributed by atoms with E-state index in [0.717, 1.165) is 16.9 Å². The average molecular weight is 314 g/mol. The predicted octanol–water partition coefficient (Wildman–Crippen LogP) is 3.89. The van der Waals surface area contributed by atoms with Crippen LogP contribution in [0.5, 0.6) is 11.5 Å². The van der Waals surface area contributed by atoms with Crippen LogP contribution >= 0.6 is 0 Å². The molecule has 0 heterocycles. The first-order valence-corrected chi connectivity index (χ1v) is 7.62. The second kappa shape index (κ2) is 7.68. The fourth-order valence-electron chi connectivity index (χ4n) is 2.37. The molecule has 0 saturated heterocycles. The van der Waals surface area contributed by atoms with Gasteiger partial charge in [0, 0.05) is 6.42 Å². The third kappa shape index (κ3) is 4.49. The Morgan fingerprint density at radius 1 is 1.09 bits per heavy atom. The first kappa shape index (κ1) is 16.9. The number of ether oxygens (including phenoxy) is 2. The normalized spacial score (nSPS) is 12.0. The largest absolute Gasteiger partial charge is 0.497 e. The van der Waals surface area contributed by atoms with Crippen molar-refractivity contribution in [1.82, 2.24) is 0 Å². The highest BCUT2D eigenvalue weighted by Crippen LogP contribution is 2.27. The van der Waals surface area contributed by atoms with E-state index in [1.807, 2.05) is 48.5 Å². The van der Waals surface area contributed by atoms with Gasteiger partial charge < -0.3 is 14.6 Å². The number of benzene rings is 2. The standard InChI is InChI=1S/C19H22O4/c1-13(2)16-6-4-5-7-17(16)23-18(19(20)21)12-14-8-10-15(22-3)11-9-14/h4-11,13,18H,12H2,1-3H3,(H,20,21)/t18-/m0/s1. The van der Waals surface area contributed by atoms with Crippen molar-refractivity contribution in [3.8, 4) is 11.5 Å². The number of carbonyl (C=O) groups is 1. The van der Waals surface area contributed by atoms with Crippen LogP contribution in [0, 0.1) is 0 Å². The van der Waals surface area contributed by atoms with Crippen molar-refractivity contribution in [3.63, 3.8) is 0 Å². The first-order chi connectivity index (χ1) is 11.0. The monoisotopic (exact) mass is 314 g/mol. The quantitative estimate of drug-likeness (QED) is 0.842. The molecule has 23 heavy (non-hydrogen) atoms. The van der Waals surface area contributed by atoms with E-state index in [4.69, 9.17) is 9.47 Å². The molecule has 0 amide bonds. The van der Waals surface area contributed by atoms with E-state index in [9.17, 15) is 9.90 Å². The molecule has 0 saturated carbocycles. The Kier molecular flexibility index (Phi) is 5.63. The third-order valence-corrected chi connectivity index (χ3v) is 3.67. The van der Waals surface area contributed by atoms with E-state index in [1.165, 1.54) is 0 Å². The van der Waals surface area contributed by atoms with Gasteiger partial charge in [0.25, 0.3) is 0 Å². The Balaban J connectivity index is 2.17.